The zero-order chi connectivity index (χ0) is 19.9. The highest BCUT2D eigenvalue weighted by molar-refractivity contribution is 14.1. The fourth-order valence-corrected chi connectivity index (χ4v) is 3.49. The lowest BCUT2D eigenvalue weighted by atomic mass is 10.2. The van der Waals surface area contributed by atoms with Gasteiger partial charge in [0, 0.05) is 9.13 Å². The van der Waals surface area contributed by atoms with Crippen LogP contribution in [-0.4, -0.2) is 11.0 Å². The Morgan fingerprint density at radius 3 is 2.57 bits per heavy atom. The van der Waals surface area contributed by atoms with E-state index in [1.807, 2.05) is 48.5 Å². The second kappa shape index (κ2) is 9.86. The fourth-order valence-electron chi connectivity index (χ4n) is 2.39. The van der Waals surface area contributed by atoms with E-state index in [9.17, 15) is 4.79 Å². The van der Waals surface area contributed by atoms with Crippen LogP contribution < -0.4 is 15.4 Å². The van der Waals surface area contributed by atoms with Crippen molar-refractivity contribution < 1.29 is 9.53 Å². The maximum absolute atomic E-state index is 12.5. The van der Waals surface area contributed by atoms with Crippen LogP contribution >= 0.6 is 46.4 Å². The van der Waals surface area contributed by atoms with Gasteiger partial charge in [-0.1, -0.05) is 48.0 Å². The van der Waals surface area contributed by atoms with Crippen LogP contribution in [0.3, 0.4) is 0 Å². The van der Waals surface area contributed by atoms with E-state index in [0.29, 0.717) is 28.6 Å². The largest absolute Gasteiger partial charge is 0.489 e. The van der Waals surface area contributed by atoms with Crippen molar-refractivity contribution >= 4 is 63.1 Å². The van der Waals surface area contributed by atoms with Crippen molar-refractivity contribution in [1.82, 2.24) is 5.32 Å². The van der Waals surface area contributed by atoms with Crippen molar-refractivity contribution in [3.8, 4) is 5.75 Å². The smallest absolute Gasteiger partial charge is 0.257 e. The quantitative estimate of drug-likeness (QED) is 0.336. The van der Waals surface area contributed by atoms with Crippen LogP contribution in [0.2, 0.25) is 5.02 Å². The molecule has 3 rings (SSSR count). The summed E-state index contributed by atoms with van der Waals surface area (Å²) in [6, 6.07) is 22.3. The maximum atomic E-state index is 12.5. The van der Waals surface area contributed by atoms with Crippen molar-refractivity contribution in [3.63, 3.8) is 0 Å². The lowest BCUT2D eigenvalue weighted by molar-refractivity contribution is 0.0977. The number of hydrogen-bond acceptors (Lipinski definition) is 3. The molecule has 2 N–H and O–H groups in total. The van der Waals surface area contributed by atoms with Crippen molar-refractivity contribution in [1.29, 1.82) is 0 Å². The summed E-state index contributed by atoms with van der Waals surface area (Å²) in [7, 11) is 0. The topological polar surface area (TPSA) is 50.4 Å². The molecule has 0 aliphatic heterocycles. The second-order valence-corrected chi connectivity index (χ2v) is 7.90. The predicted octanol–water partition coefficient (Wildman–Crippen LogP) is 5.65. The summed E-state index contributed by atoms with van der Waals surface area (Å²) in [5, 5.41) is 6.28. The third-order valence-electron chi connectivity index (χ3n) is 3.75. The molecule has 0 saturated carbocycles. The molecule has 0 bridgehead atoms. The lowest BCUT2D eigenvalue weighted by Crippen LogP contribution is -2.34. The number of carbonyl (C=O) groups is 1. The van der Waals surface area contributed by atoms with E-state index in [2.05, 4.69) is 33.2 Å². The minimum atomic E-state index is -0.329. The Morgan fingerprint density at radius 2 is 1.82 bits per heavy atom. The molecular formula is C21H16ClIN2O2S. The number of hydrogen-bond donors (Lipinski definition) is 2. The van der Waals surface area contributed by atoms with Crippen LogP contribution in [0.25, 0.3) is 0 Å². The minimum Gasteiger partial charge on any atom is -0.489 e. The molecule has 0 spiro atoms. The zero-order valence-electron chi connectivity index (χ0n) is 14.6. The van der Waals surface area contributed by atoms with Gasteiger partial charge in [-0.05, 0) is 76.8 Å². The first-order valence-electron chi connectivity index (χ1n) is 8.35. The molecule has 0 aliphatic rings. The standard InChI is InChI=1S/C21H16ClIN2O2S/c22-18-12-16(23)9-10-19(18)24-21(28)25-20(26)15-7-4-8-17(11-15)27-13-14-5-2-1-3-6-14/h1-12H,13H2,(H2,24,25,26,28). The first-order valence-corrected chi connectivity index (χ1v) is 10.2. The highest BCUT2D eigenvalue weighted by Gasteiger charge is 2.10. The van der Waals surface area contributed by atoms with E-state index in [1.165, 1.54) is 0 Å². The Morgan fingerprint density at radius 1 is 1.04 bits per heavy atom. The molecule has 0 saturated heterocycles. The lowest BCUT2D eigenvalue weighted by Gasteiger charge is -2.12. The third-order valence-corrected chi connectivity index (χ3v) is 4.94. The first-order chi connectivity index (χ1) is 13.5. The number of thiocarbonyl (C=S) groups is 1. The molecule has 1 amide bonds. The SMILES string of the molecule is O=C(NC(=S)Nc1ccc(I)cc1Cl)c1cccc(OCc2ccccc2)c1. The molecular weight excluding hydrogens is 507 g/mol. The van der Waals surface area contributed by atoms with Crippen LogP contribution in [0.15, 0.2) is 72.8 Å². The van der Waals surface area contributed by atoms with Gasteiger partial charge in [0.1, 0.15) is 12.4 Å². The number of carbonyl (C=O) groups excluding carboxylic acids is 1. The summed E-state index contributed by atoms with van der Waals surface area (Å²) in [6.45, 7) is 0.428. The van der Waals surface area contributed by atoms with Crippen molar-refractivity contribution in [2.75, 3.05) is 5.32 Å². The second-order valence-electron chi connectivity index (χ2n) is 5.83. The summed E-state index contributed by atoms with van der Waals surface area (Å²) in [6.07, 6.45) is 0. The maximum Gasteiger partial charge on any atom is 0.257 e. The van der Waals surface area contributed by atoms with Crippen LogP contribution in [0, 0.1) is 3.57 Å². The van der Waals surface area contributed by atoms with Crippen LogP contribution in [0.1, 0.15) is 15.9 Å². The number of ether oxygens (including phenoxy) is 1. The van der Waals surface area contributed by atoms with Gasteiger partial charge in [-0.3, -0.25) is 10.1 Å². The molecule has 0 fully saturated rings. The van der Waals surface area contributed by atoms with Gasteiger partial charge in [-0.15, -0.1) is 0 Å². The number of anilines is 1. The number of nitrogens with one attached hydrogen (secondary N) is 2. The van der Waals surface area contributed by atoms with E-state index in [0.717, 1.165) is 9.13 Å². The van der Waals surface area contributed by atoms with Gasteiger partial charge < -0.3 is 10.1 Å². The minimum absolute atomic E-state index is 0.170. The molecule has 7 heteroatoms. The Labute approximate surface area is 187 Å². The summed E-state index contributed by atoms with van der Waals surface area (Å²) in [4.78, 5) is 12.5. The molecule has 0 radical (unpaired) electrons. The normalized spacial score (nSPS) is 10.2. The van der Waals surface area contributed by atoms with E-state index in [-0.39, 0.29) is 11.0 Å². The molecule has 0 heterocycles. The molecule has 0 aromatic heterocycles. The Bertz CT molecular complexity index is 999. The predicted molar refractivity (Wildman–Crippen MR) is 125 cm³/mol. The van der Waals surface area contributed by atoms with Gasteiger partial charge in [0.2, 0.25) is 0 Å². The molecule has 0 aliphatic carbocycles. The molecule has 3 aromatic carbocycles. The van der Waals surface area contributed by atoms with E-state index in [4.69, 9.17) is 28.6 Å². The van der Waals surface area contributed by atoms with Gasteiger partial charge in [0.25, 0.3) is 5.91 Å². The van der Waals surface area contributed by atoms with E-state index in [1.54, 1.807) is 24.3 Å². The monoisotopic (exact) mass is 522 g/mol. The average Bonchev–Trinajstić information content (AvgIpc) is 2.69. The summed E-state index contributed by atoms with van der Waals surface area (Å²) in [5.41, 5.74) is 2.13. The van der Waals surface area contributed by atoms with Gasteiger partial charge in [-0.25, -0.2) is 0 Å². The van der Waals surface area contributed by atoms with Crippen molar-refractivity contribution in [2.45, 2.75) is 6.61 Å². The molecule has 0 unspecified atom stereocenters. The number of amides is 1. The Balaban J connectivity index is 1.60. The van der Waals surface area contributed by atoms with E-state index < -0.39 is 0 Å². The molecule has 142 valence electrons. The summed E-state index contributed by atoms with van der Waals surface area (Å²) >= 11 is 13.6. The zero-order valence-corrected chi connectivity index (χ0v) is 18.3. The highest BCUT2D eigenvalue weighted by Crippen LogP contribution is 2.23. The summed E-state index contributed by atoms with van der Waals surface area (Å²) in [5.74, 6) is 0.278. The molecule has 4 nitrogen and oxygen atoms in total. The Hall–Kier alpha value is -2.16. The fraction of sp³-hybridized carbons (Fsp3) is 0.0476. The van der Waals surface area contributed by atoms with Crippen LogP contribution in [-0.2, 0) is 6.61 Å². The van der Waals surface area contributed by atoms with E-state index >= 15 is 0 Å². The average molecular weight is 523 g/mol. The summed E-state index contributed by atoms with van der Waals surface area (Å²) < 4.78 is 6.77. The van der Waals surface area contributed by atoms with Crippen LogP contribution in [0.4, 0.5) is 5.69 Å². The van der Waals surface area contributed by atoms with Crippen molar-refractivity contribution in [3.05, 3.63) is 92.5 Å². The van der Waals surface area contributed by atoms with Gasteiger partial charge in [0.05, 0.1) is 10.7 Å². The van der Waals surface area contributed by atoms with Crippen molar-refractivity contribution in [2.24, 2.45) is 0 Å². The number of rotatable bonds is 5. The van der Waals surface area contributed by atoms with Gasteiger partial charge in [0.15, 0.2) is 5.11 Å². The first kappa shape index (κ1) is 20.6. The molecule has 0 atom stereocenters. The highest BCUT2D eigenvalue weighted by atomic mass is 127. The third kappa shape index (κ3) is 5.92. The molecule has 28 heavy (non-hydrogen) atoms. The van der Waals surface area contributed by atoms with Gasteiger partial charge in [-0.2, -0.15) is 0 Å². The Kier molecular flexibility index (Phi) is 7.24. The van der Waals surface area contributed by atoms with Gasteiger partial charge >= 0.3 is 0 Å². The number of halogens is 2. The van der Waals surface area contributed by atoms with Crippen LogP contribution in [0.5, 0.6) is 5.75 Å². The number of benzene rings is 3. The molecule has 3 aromatic rings.